The molecule has 1 aliphatic rings. The van der Waals surface area contributed by atoms with E-state index in [2.05, 4.69) is 9.47 Å². The highest BCUT2D eigenvalue weighted by molar-refractivity contribution is 6.30. The van der Waals surface area contributed by atoms with Crippen LogP contribution in [0.2, 0.25) is 5.02 Å². The predicted molar refractivity (Wildman–Crippen MR) is 132 cm³/mol. The van der Waals surface area contributed by atoms with Crippen LogP contribution in [0.4, 0.5) is 0 Å². The minimum Gasteiger partial charge on any atom is -0.461 e. The van der Waals surface area contributed by atoms with Crippen molar-refractivity contribution in [3.05, 3.63) is 71.4 Å². The highest BCUT2D eigenvalue weighted by Gasteiger charge is 2.26. The first kappa shape index (κ1) is 21.8. The number of aromatic nitrogens is 1. The third-order valence-corrected chi connectivity index (χ3v) is 6.48. The van der Waals surface area contributed by atoms with Crippen molar-refractivity contribution >= 4 is 28.7 Å². The van der Waals surface area contributed by atoms with Gasteiger partial charge >= 0.3 is 5.97 Å². The number of hydrogen-bond acceptors (Lipinski definition) is 4. The van der Waals surface area contributed by atoms with Crippen LogP contribution in [-0.2, 0) is 11.3 Å². The molecule has 5 nitrogen and oxygen atoms in total. The summed E-state index contributed by atoms with van der Waals surface area (Å²) in [4.78, 5) is 15.3. The highest BCUT2D eigenvalue weighted by atomic mass is 35.5. The number of ether oxygens (including phenoxy) is 1. The molecule has 1 fully saturated rings. The van der Waals surface area contributed by atoms with E-state index >= 15 is 0 Å². The monoisotopic (exact) mass is 462 g/mol. The van der Waals surface area contributed by atoms with Gasteiger partial charge in [0.25, 0.3) is 0 Å². The van der Waals surface area contributed by atoms with Crippen molar-refractivity contribution in [2.75, 3.05) is 26.2 Å². The maximum Gasteiger partial charge on any atom is 0.355 e. The summed E-state index contributed by atoms with van der Waals surface area (Å²) in [6.07, 6.45) is 2.46. The molecule has 4 aromatic rings. The van der Waals surface area contributed by atoms with Gasteiger partial charge in [-0.3, -0.25) is 0 Å². The zero-order valence-corrected chi connectivity index (χ0v) is 19.5. The van der Waals surface area contributed by atoms with Crippen LogP contribution in [0.5, 0.6) is 0 Å². The normalized spacial score (nSPS) is 14.2. The number of benzene rings is 2. The summed E-state index contributed by atoms with van der Waals surface area (Å²) in [7, 11) is 0. The van der Waals surface area contributed by atoms with Gasteiger partial charge in [0, 0.05) is 29.7 Å². The predicted octanol–water partition coefficient (Wildman–Crippen LogP) is 6.49. The lowest BCUT2D eigenvalue weighted by Gasteiger charge is -2.17. The van der Waals surface area contributed by atoms with Crippen molar-refractivity contribution in [2.45, 2.75) is 26.3 Å². The number of nitrogens with zero attached hydrogens (tertiary/aromatic N) is 2. The van der Waals surface area contributed by atoms with Gasteiger partial charge in [-0.25, -0.2) is 4.79 Å². The molecule has 0 unspecified atom stereocenters. The van der Waals surface area contributed by atoms with Crippen molar-refractivity contribution in [2.24, 2.45) is 0 Å². The van der Waals surface area contributed by atoms with E-state index < -0.39 is 0 Å². The van der Waals surface area contributed by atoms with Crippen LogP contribution in [-0.4, -0.2) is 41.7 Å². The Morgan fingerprint density at radius 3 is 2.42 bits per heavy atom. The number of halogens is 1. The number of hydrogen-bond donors (Lipinski definition) is 0. The first-order valence-corrected chi connectivity index (χ1v) is 11.9. The van der Waals surface area contributed by atoms with Crippen LogP contribution in [0.1, 0.15) is 30.3 Å². The van der Waals surface area contributed by atoms with Gasteiger partial charge in [0.15, 0.2) is 5.58 Å². The van der Waals surface area contributed by atoms with E-state index in [0.717, 1.165) is 47.6 Å². The second-order valence-corrected chi connectivity index (χ2v) is 8.78. The molecular formula is C27H27ClN2O3. The van der Waals surface area contributed by atoms with Crippen LogP contribution in [0.15, 0.2) is 65.1 Å². The van der Waals surface area contributed by atoms with E-state index in [4.69, 9.17) is 20.8 Å². The molecule has 1 saturated heterocycles. The van der Waals surface area contributed by atoms with Crippen LogP contribution in [0.25, 0.3) is 33.6 Å². The maximum atomic E-state index is 12.9. The fourth-order valence-electron chi connectivity index (χ4n) is 4.66. The summed E-state index contributed by atoms with van der Waals surface area (Å²) in [5.41, 5.74) is 5.07. The van der Waals surface area contributed by atoms with Gasteiger partial charge in [-0.15, -0.1) is 0 Å². The zero-order chi connectivity index (χ0) is 22.8. The Morgan fingerprint density at radius 1 is 1.00 bits per heavy atom. The SMILES string of the molecule is CCOC(=O)c1cc2oc(-c3ccccc3)c(-c3ccc(Cl)cc3)c2n1CCN1CCCC1. The topological polar surface area (TPSA) is 47.6 Å². The van der Waals surface area contributed by atoms with Gasteiger partial charge in [-0.2, -0.15) is 0 Å². The van der Waals surface area contributed by atoms with Crippen molar-refractivity contribution in [3.63, 3.8) is 0 Å². The molecular weight excluding hydrogens is 436 g/mol. The van der Waals surface area contributed by atoms with Gasteiger partial charge in [-0.1, -0.05) is 54.1 Å². The number of likely N-dealkylation sites (tertiary alicyclic amines) is 1. The number of esters is 1. The molecule has 170 valence electrons. The largest absolute Gasteiger partial charge is 0.461 e. The van der Waals surface area contributed by atoms with Gasteiger partial charge in [0.05, 0.1) is 17.7 Å². The van der Waals surface area contributed by atoms with E-state index in [1.807, 2.05) is 67.6 Å². The summed E-state index contributed by atoms with van der Waals surface area (Å²) >= 11 is 6.19. The molecule has 2 aromatic carbocycles. The van der Waals surface area contributed by atoms with E-state index in [9.17, 15) is 4.79 Å². The van der Waals surface area contributed by atoms with E-state index in [0.29, 0.717) is 29.5 Å². The lowest BCUT2D eigenvalue weighted by Crippen LogP contribution is -2.25. The molecule has 0 spiro atoms. The van der Waals surface area contributed by atoms with Gasteiger partial charge in [0.2, 0.25) is 0 Å². The van der Waals surface area contributed by atoms with Gasteiger partial charge in [0.1, 0.15) is 11.5 Å². The van der Waals surface area contributed by atoms with Crippen LogP contribution < -0.4 is 0 Å². The van der Waals surface area contributed by atoms with Crippen molar-refractivity contribution < 1.29 is 13.9 Å². The summed E-state index contributed by atoms with van der Waals surface area (Å²) in [6.45, 7) is 5.92. The van der Waals surface area contributed by atoms with Crippen molar-refractivity contribution in [3.8, 4) is 22.5 Å². The Morgan fingerprint density at radius 2 is 1.73 bits per heavy atom. The molecule has 1 aliphatic heterocycles. The number of carbonyl (C=O) groups excluding carboxylic acids is 1. The molecule has 2 aromatic heterocycles. The fraction of sp³-hybridized carbons (Fsp3) is 0.296. The van der Waals surface area contributed by atoms with Gasteiger partial charge in [-0.05, 0) is 50.6 Å². The molecule has 0 aliphatic carbocycles. The Hall–Kier alpha value is -3.02. The quantitative estimate of drug-likeness (QED) is 0.294. The molecule has 0 atom stereocenters. The summed E-state index contributed by atoms with van der Waals surface area (Å²) < 4.78 is 13.9. The van der Waals surface area contributed by atoms with Crippen LogP contribution in [0.3, 0.4) is 0 Å². The van der Waals surface area contributed by atoms with Crippen molar-refractivity contribution in [1.29, 1.82) is 0 Å². The second-order valence-electron chi connectivity index (χ2n) is 8.34. The number of carbonyl (C=O) groups is 1. The van der Waals surface area contributed by atoms with E-state index in [1.165, 1.54) is 12.8 Å². The smallest absolute Gasteiger partial charge is 0.355 e. The average Bonchev–Trinajstić information content (AvgIpc) is 3.55. The first-order valence-electron chi connectivity index (χ1n) is 11.5. The third kappa shape index (κ3) is 4.31. The lowest BCUT2D eigenvalue weighted by atomic mass is 10.0. The van der Waals surface area contributed by atoms with Crippen molar-refractivity contribution in [1.82, 2.24) is 9.47 Å². The minimum absolute atomic E-state index is 0.325. The summed E-state index contributed by atoms with van der Waals surface area (Å²) in [5, 5.41) is 0.677. The molecule has 0 bridgehead atoms. The number of rotatable bonds is 7. The molecule has 0 amide bonds. The second kappa shape index (κ2) is 9.46. The number of fused-ring (bicyclic) bond motifs is 1. The fourth-order valence-corrected chi connectivity index (χ4v) is 4.79. The van der Waals surface area contributed by atoms with E-state index in [-0.39, 0.29) is 5.97 Å². The zero-order valence-electron chi connectivity index (χ0n) is 18.7. The molecule has 6 heteroatoms. The molecule has 0 N–H and O–H groups in total. The Kier molecular flexibility index (Phi) is 6.25. The molecule has 3 heterocycles. The molecule has 5 rings (SSSR count). The molecule has 33 heavy (non-hydrogen) atoms. The lowest BCUT2D eigenvalue weighted by molar-refractivity contribution is 0.0513. The number of furan rings is 1. The summed E-state index contributed by atoms with van der Waals surface area (Å²) in [5.74, 6) is 0.460. The average molecular weight is 463 g/mol. The summed E-state index contributed by atoms with van der Waals surface area (Å²) in [6, 6.07) is 19.7. The van der Waals surface area contributed by atoms with Crippen LogP contribution in [0, 0.1) is 0 Å². The molecule has 0 radical (unpaired) electrons. The van der Waals surface area contributed by atoms with E-state index in [1.54, 1.807) is 0 Å². The maximum absolute atomic E-state index is 12.9. The highest BCUT2D eigenvalue weighted by Crippen LogP contribution is 2.42. The standard InChI is InChI=1S/C27H27ClN2O3/c1-2-32-27(31)22-18-23-25(30(22)17-16-29-14-6-7-15-29)24(19-10-12-21(28)13-11-19)26(33-23)20-8-4-3-5-9-20/h3-5,8-13,18H,2,6-7,14-17H2,1H3. The minimum atomic E-state index is -0.325. The van der Waals surface area contributed by atoms with Gasteiger partial charge < -0.3 is 18.6 Å². The molecule has 0 saturated carbocycles. The Balaban J connectivity index is 1.71. The first-order chi connectivity index (χ1) is 16.2. The Labute approximate surface area is 198 Å². The third-order valence-electron chi connectivity index (χ3n) is 6.23. The van der Waals surface area contributed by atoms with Crippen LogP contribution >= 0.6 is 11.6 Å². The Bertz CT molecular complexity index is 1250.